The molecule has 5 saturated carbocycles. The Bertz CT molecular complexity index is 1490. The Labute approximate surface area is 271 Å². The summed E-state index contributed by atoms with van der Waals surface area (Å²) in [7, 11) is 0. The van der Waals surface area contributed by atoms with E-state index in [0.29, 0.717) is 0 Å². The van der Waals surface area contributed by atoms with Crippen LogP contribution in [0.4, 0.5) is 0 Å². The second-order valence-corrected chi connectivity index (χ2v) is 16.4. The van der Waals surface area contributed by atoms with Crippen LogP contribution in [-0.2, 0) is 42.9 Å². The van der Waals surface area contributed by atoms with E-state index < -0.39 is 142 Å². The molecule has 3 aliphatic heterocycles. The maximum absolute atomic E-state index is 14.1. The molecule has 8 rings (SSSR count). The number of hydrogen-bond donors (Lipinski definition) is 5. The summed E-state index contributed by atoms with van der Waals surface area (Å²) in [5.41, 5.74) is 0.214. The Balaban J connectivity index is 1.41. The Morgan fingerprint density at radius 2 is 1.57 bits per heavy atom. The molecular weight excluding hydrogens is 618 g/mol. The van der Waals surface area contributed by atoms with Gasteiger partial charge in [0.2, 0.25) is 5.79 Å². The number of Topliss-reactive ketones (excluding diaryl/α,β-unsaturated/α-hetero) is 1. The number of aliphatic hydroxyl groups excluding tert-OH is 3. The summed E-state index contributed by atoms with van der Waals surface area (Å²) in [5.74, 6) is -10.3. The van der Waals surface area contributed by atoms with E-state index in [1.807, 2.05) is 6.92 Å². The minimum Gasteiger partial charge on any atom is -0.462 e. The van der Waals surface area contributed by atoms with Gasteiger partial charge < -0.3 is 49.8 Å². The average Bonchev–Trinajstić information content (AvgIpc) is 3.87. The van der Waals surface area contributed by atoms with Gasteiger partial charge in [0.15, 0.2) is 5.60 Å². The molecule has 0 amide bonds. The van der Waals surface area contributed by atoms with Crippen molar-refractivity contribution in [3.8, 4) is 0 Å². The van der Waals surface area contributed by atoms with Crippen LogP contribution in [0.5, 0.6) is 0 Å². The van der Waals surface area contributed by atoms with Crippen LogP contribution in [0.2, 0.25) is 0 Å². The predicted octanol–water partition coefficient (Wildman–Crippen LogP) is -1.19. The van der Waals surface area contributed by atoms with E-state index in [1.54, 1.807) is 13.8 Å². The minimum atomic E-state index is -2.12. The van der Waals surface area contributed by atoms with Crippen molar-refractivity contribution in [2.24, 2.45) is 63.4 Å². The summed E-state index contributed by atoms with van der Waals surface area (Å²) in [6, 6.07) is -1.04. The van der Waals surface area contributed by atoms with Crippen LogP contribution < -0.4 is 5.73 Å². The molecule has 3 saturated heterocycles. The molecule has 2 unspecified atom stereocenters. The van der Waals surface area contributed by atoms with Gasteiger partial charge in [0.05, 0.1) is 35.2 Å². The van der Waals surface area contributed by atoms with E-state index in [0.717, 1.165) is 0 Å². The highest BCUT2D eigenvalue weighted by Gasteiger charge is 2.93. The second-order valence-electron chi connectivity index (χ2n) is 16.4. The van der Waals surface area contributed by atoms with Gasteiger partial charge in [0.25, 0.3) is 0 Å². The summed E-state index contributed by atoms with van der Waals surface area (Å²) in [6.07, 6.45) is -8.27. The monoisotopic (exact) mass is 663 g/mol. The number of aliphatic hydroxyl groups is 4. The van der Waals surface area contributed by atoms with Crippen molar-refractivity contribution in [3.05, 3.63) is 0 Å². The lowest BCUT2D eigenvalue weighted by molar-refractivity contribution is -0.277. The van der Waals surface area contributed by atoms with Gasteiger partial charge in [-0.15, -0.1) is 0 Å². The van der Waals surface area contributed by atoms with E-state index in [2.05, 4.69) is 0 Å². The van der Waals surface area contributed by atoms with Gasteiger partial charge in [0.1, 0.15) is 30.2 Å². The number of fused-ring (bicyclic) bond motifs is 9. The molecule has 3 heterocycles. The first kappa shape index (κ1) is 32.0. The summed E-state index contributed by atoms with van der Waals surface area (Å²) in [5, 5.41) is 48.8. The van der Waals surface area contributed by atoms with E-state index in [1.165, 1.54) is 27.7 Å². The van der Waals surface area contributed by atoms with Crippen LogP contribution in [0, 0.1) is 57.7 Å². The third kappa shape index (κ3) is 3.24. The van der Waals surface area contributed by atoms with Gasteiger partial charge in [-0.3, -0.25) is 14.4 Å². The lowest BCUT2D eigenvalue weighted by atomic mass is 9.39. The van der Waals surface area contributed by atoms with Crippen molar-refractivity contribution in [2.45, 2.75) is 121 Å². The number of carbonyl (C=O) groups excluding carboxylic acids is 4. The quantitative estimate of drug-likeness (QED) is 0.136. The maximum atomic E-state index is 14.1. The number of esters is 3. The highest BCUT2D eigenvalue weighted by Crippen LogP contribution is 2.81. The molecule has 8 aliphatic rings. The smallest absolute Gasteiger partial charge is 0.341 e. The zero-order valence-electron chi connectivity index (χ0n) is 27.5. The predicted molar refractivity (Wildman–Crippen MR) is 154 cm³/mol. The summed E-state index contributed by atoms with van der Waals surface area (Å²) in [6.45, 7) is 10.5. The summed E-state index contributed by atoms with van der Waals surface area (Å²) in [4.78, 5) is 53.3. The van der Waals surface area contributed by atoms with Crippen LogP contribution in [0.3, 0.4) is 0 Å². The Kier molecular flexibility index (Phi) is 6.21. The molecule has 47 heavy (non-hydrogen) atoms. The number of hydrogen-bond acceptors (Lipinski definition) is 14. The largest absolute Gasteiger partial charge is 0.462 e. The summed E-state index contributed by atoms with van der Waals surface area (Å²) >= 11 is 0. The number of carbonyl (C=O) groups is 4. The highest BCUT2D eigenvalue weighted by molar-refractivity contribution is 5.86. The van der Waals surface area contributed by atoms with Crippen molar-refractivity contribution < 1.29 is 63.3 Å². The van der Waals surface area contributed by atoms with E-state index in [4.69, 9.17) is 29.4 Å². The zero-order valence-corrected chi connectivity index (χ0v) is 27.5. The molecule has 5 aliphatic carbocycles. The number of ether oxygens (including phenoxy) is 5. The number of rotatable bonds is 3. The van der Waals surface area contributed by atoms with Crippen molar-refractivity contribution >= 4 is 23.7 Å². The molecule has 14 heteroatoms. The van der Waals surface area contributed by atoms with Gasteiger partial charge >= 0.3 is 17.9 Å². The molecule has 6 N–H and O–H groups in total. The van der Waals surface area contributed by atoms with Crippen molar-refractivity contribution in [1.82, 2.24) is 0 Å². The Morgan fingerprint density at radius 1 is 0.936 bits per heavy atom. The van der Waals surface area contributed by atoms with Gasteiger partial charge in [-0.2, -0.15) is 0 Å². The molecule has 0 radical (unpaired) electrons. The molecule has 0 aromatic heterocycles. The fraction of sp³-hybridized carbons (Fsp3) is 0.879. The average molecular weight is 664 g/mol. The molecule has 0 aromatic rings. The highest BCUT2D eigenvalue weighted by atomic mass is 16.8. The van der Waals surface area contributed by atoms with Crippen molar-refractivity contribution in [2.75, 3.05) is 0 Å². The first-order chi connectivity index (χ1) is 21.8. The molecule has 14 nitrogen and oxygen atoms in total. The first-order valence-electron chi connectivity index (χ1n) is 16.7. The van der Waals surface area contributed by atoms with Crippen molar-refractivity contribution in [3.63, 3.8) is 0 Å². The Hall–Kier alpha value is -2.20. The third-order valence-corrected chi connectivity index (χ3v) is 14.9. The van der Waals surface area contributed by atoms with Crippen LogP contribution >= 0.6 is 0 Å². The zero-order chi connectivity index (χ0) is 34.3. The van der Waals surface area contributed by atoms with Crippen LogP contribution in [0.15, 0.2) is 0 Å². The molecular formula is C33H45NO13. The fourth-order valence-corrected chi connectivity index (χ4v) is 13.2. The lowest BCUT2D eigenvalue weighted by Crippen LogP contribution is -2.78. The van der Waals surface area contributed by atoms with Crippen LogP contribution in [0.25, 0.3) is 0 Å². The van der Waals surface area contributed by atoms with Gasteiger partial charge in [-0.1, -0.05) is 13.8 Å². The topological polar surface area (TPSA) is 228 Å². The molecule has 8 fully saturated rings. The van der Waals surface area contributed by atoms with E-state index in [-0.39, 0.29) is 12.5 Å². The molecule has 1 spiro atoms. The normalized spacial score (nSPS) is 62.3. The van der Waals surface area contributed by atoms with E-state index >= 15 is 0 Å². The summed E-state index contributed by atoms with van der Waals surface area (Å²) < 4.78 is 30.0. The number of epoxide rings is 2. The van der Waals surface area contributed by atoms with Gasteiger partial charge in [-0.25, -0.2) is 4.79 Å². The van der Waals surface area contributed by atoms with Gasteiger partial charge in [0, 0.05) is 43.1 Å². The second kappa shape index (κ2) is 9.12. The fourth-order valence-electron chi connectivity index (χ4n) is 13.2. The standard InChI is InChI=1S/C33H45NO13/c1-9-16-19(30(6)31(7,42)28(41)47-33(30)26(9)46-33)24(43-11(3)36)18-15-17(22(39)27(29(16,18)5)44-12(4)37)32(10(2)35)13(20(34)21(15)38)8-14-23(45-14)25(32)40/h9,13-27,38-40,42H,8,34H2,1-7H3/t9-,13+,14-,15?,16-,17?,18+,19-,20-,21+,22-,23-,24+,25-,26+,27-,29+,30-,31+,32-,33-/m0/s1. The molecule has 21 atom stereocenters. The number of ketones is 1. The first-order valence-corrected chi connectivity index (χ1v) is 16.7. The van der Waals surface area contributed by atoms with Crippen LogP contribution in [0.1, 0.15) is 54.9 Å². The Morgan fingerprint density at radius 3 is 2.17 bits per heavy atom. The van der Waals surface area contributed by atoms with Crippen LogP contribution in [-0.4, -0.2) is 110 Å². The number of nitrogens with two attached hydrogens (primary N) is 1. The molecule has 0 bridgehead atoms. The minimum absolute atomic E-state index is 0.271. The molecule has 0 aromatic carbocycles. The third-order valence-electron chi connectivity index (χ3n) is 14.9. The maximum Gasteiger partial charge on any atom is 0.341 e. The van der Waals surface area contributed by atoms with E-state index in [9.17, 15) is 39.6 Å². The van der Waals surface area contributed by atoms with Gasteiger partial charge in [-0.05, 0) is 50.9 Å². The van der Waals surface area contributed by atoms with Crippen molar-refractivity contribution in [1.29, 1.82) is 0 Å². The lowest BCUT2D eigenvalue weighted by Gasteiger charge is -2.66. The molecule has 260 valence electrons. The SMILES string of the molecule is CC(=O)O[C@H]1[C@@H]2[C@H]([C@H](C)[C@H]3O[C@]34OC(=O)[C@@](C)(O)[C@]24C)[C@]2(C)[C@@H]1C1C([C@H](O)[C@@H]2OC(C)=O)[C@]2(C(C)=O)[C@H](C[C@@H]3O[C@@H]3[C@@H]2O)[C@H](N)[C@@H]1O.